The summed E-state index contributed by atoms with van der Waals surface area (Å²) < 4.78 is 12.6. The lowest BCUT2D eigenvalue weighted by molar-refractivity contribution is -0.159. The lowest BCUT2D eigenvalue weighted by atomic mass is 9.85. The van der Waals surface area contributed by atoms with E-state index in [9.17, 15) is 4.79 Å². The van der Waals surface area contributed by atoms with Crippen molar-refractivity contribution in [3.8, 4) is 0 Å². The van der Waals surface area contributed by atoms with Gasteiger partial charge in [-0.1, -0.05) is 56.3 Å². The quantitative estimate of drug-likeness (QED) is 0.709. The fraction of sp³-hybridized carbons (Fsp3) is 0.500. The molecule has 0 saturated carbocycles. The molecule has 2 heterocycles. The Balaban J connectivity index is 1.34. The zero-order chi connectivity index (χ0) is 21.7. The van der Waals surface area contributed by atoms with Gasteiger partial charge in [0, 0.05) is 25.4 Å². The minimum atomic E-state index is -0.200. The van der Waals surface area contributed by atoms with E-state index in [2.05, 4.69) is 48.3 Å². The maximum absolute atomic E-state index is 12.7. The van der Waals surface area contributed by atoms with Crippen LogP contribution in [-0.4, -0.2) is 48.8 Å². The van der Waals surface area contributed by atoms with Gasteiger partial charge in [-0.2, -0.15) is 0 Å². The Labute approximate surface area is 185 Å². The number of piperidine rings is 1. The molecular weight excluding hydrogens is 388 g/mol. The number of nitrogens with zero attached hydrogens (tertiary/aromatic N) is 1. The number of hydrogen-bond donors (Lipinski definition) is 1. The van der Waals surface area contributed by atoms with Crippen molar-refractivity contribution in [1.82, 2.24) is 4.90 Å². The van der Waals surface area contributed by atoms with Gasteiger partial charge in [0.1, 0.15) is 0 Å². The largest absolute Gasteiger partial charge is 0.372 e. The van der Waals surface area contributed by atoms with E-state index >= 15 is 0 Å². The molecule has 0 radical (unpaired) electrons. The minimum absolute atomic E-state index is 0.0161. The van der Waals surface area contributed by atoms with Crippen molar-refractivity contribution in [3.63, 3.8) is 0 Å². The summed E-state index contributed by atoms with van der Waals surface area (Å²) in [5.74, 6) is 0.499. The summed E-state index contributed by atoms with van der Waals surface area (Å²) in [7, 11) is 0. The lowest BCUT2D eigenvalue weighted by Gasteiger charge is -2.44. The molecule has 1 spiro atoms. The van der Waals surface area contributed by atoms with Gasteiger partial charge in [0.15, 0.2) is 0 Å². The van der Waals surface area contributed by atoms with Gasteiger partial charge in [-0.25, -0.2) is 0 Å². The van der Waals surface area contributed by atoms with Gasteiger partial charge >= 0.3 is 0 Å². The molecule has 0 unspecified atom stereocenters. The third kappa shape index (κ3) is 5.53. The second-order valence-corrected chi connectivity index (χ2v) is 9.11. The molecular formula is C26H34N2O3. The van der Waals surface area contributed by atoms with Crippen molar-refractivity contribution >= 4 is 11.6 Å². The zero-order valence-electron chi connectivity index (χ0n) is 18.7. The second-order valence-electron chi connectivity index (χ2n) is 9.11. The Bertz CT molecular complexity index is 845. The summed E-state index contributed by atoms with van der Waals surface area (Å²) >= 11 is 0. The Morgan fingerprint density at radius 2 is 1.94 bits per heavy atom. The van der Waals surface area contributed by atoms with Gasteiger partial charge in [-0.05, 0) is 48.4 Å². The highest BCUT2D eigenvalue weighted by Gasteiger charge is 2.47. The number of hydrogen-bond acceptors (Lipinski definition) is 4. The van der Waals surface area contributed by atoms with Crippen LogP contribution in [0.25, 0.3) is 0 Å². The molecule has 0 aliphatic carbocycles. The van der Waals surface area contributed by atoms with Gasteiger partial charge in [-0.15, -0.1) is 0 Å². The van der Waals surface area contributed by atoms with Gasteiger partial charge in [-0.3, -0.25) is 9.69 Å². The summed E-state index contributed by atoms with van der Waals surface area (Å²) in [4.78, 5) is 14.9. The van der Waals surface area contributed by atoms with Crippen molar-refractivity contribution in [2.45, 2.75) is 57.3 Å². The first-order valence-corrected chi connectivity index (χ1v) is 11.5. The number of amides is 1. The summed E-state index contributed by atoms with van der Waals surface area (Å²) in [5.41, 5.74) is 3.08. The SMILES string of the molecule is CC(C)c1ccc(NC(=O)CN2CC[C@@]3(CCCO3)[C@H](OCc3ccccc3)C2)cc1. The average molecular weight is 423 g/mol. The van der Waals surface area contributed by atoms with E-state index in [1.807, 2.05) is 30.3 Å². The first-order chi connectivity index (χ1) is 15.0. The molecule has 1 amide bonds. The van der Waals surface area contributed by atoms with Gasteiger partial charge < -0.3 is 14.8 Å². The molecule has 0 aromatic heterocycles. The standard InChI is InChI=1S/C26H34N2O3/c1-20(2)22-9-11-23(12-10-22)27-25(29)18-28-15-14-26(13-6-16-31-26)24(17-28)30-19-21-7-4-3-5-8-21/h3-5,7-12,20,24H,6,13-19H2,1-2H3,(H,27,29)/t24-,26+/m1/s1. The molecule has 2 aromatic carbocycles. The fourth-order valence-corrected chi connectivity index (χ4v) is 4.64. The molecule has 2 aliphatic rings. The van der Waals surface area contributed by atoms with E-state index in [1.165, 1.54) is 5.56 Å². The molecule has 2 atom stereocenters. The summed E-state index contributed by atoms with van der Waals surface area (Å²) in [5, 5.41) is 3.04. The Kier molecular flexibility index (Phi) is 7.06. The van der Waals surface area contributed by atoms with Crippen LogP contribution in [0, 0.1) is 0 Å². The Morgan fingerprint density at radius 1 is 1.16 bits per heavy atom. The molecule has 2 saturated heterocycles. The first kappa shape index (κ1) is 22.0. The molecule has 5 heteroatoms. The number of carbonyl (C=O) groups is 1. The minimum Gasteiger partial charge on any atom is -0.372 e. The molecule has 2 aliphatic heterocycles. The summed E-state index contributed by atoms with van der Waals surface area (Å²) in [6, 6.07) is 18.4. The highest BCUT2D eigenvalue weighted by atomic mass is 16.6. The van der Waals surface area contributed by atoms with Crippen LogP contribution < -0.4 is 5.32 Å². The van der Waals surface area contributed by atoms with Crippen LogP contribution in [0.5, 0.6) is 0 Å². The van der Waals surface area contributed by atoms with E-state index < -0.39 is 0 Å². The molecule has 5 nitrogen and oxygen atoms in total. The zero-order valence-corrected chi connectivity index (χ0v) is 18.7. The summed E-state index contributed by atoms with van der Waals surface area (Å²) in [6.45, 7) is 7.64. The third-order valence-electron chi connectivity index (χ3n) is 6.52. The molecule has 31 heavy (non-hydrogen) atoms. The summed E-state index contributed by atoms with van der Waals surface area (Å²) in [6.07, 6.45) is 3.00. The second kappa shape index (κ2) is 9.94. The van der Waals surface area contributed by atoms with Gasteiger partial charge in [0.05, 0.1) is 24.9 Å². The smallest absolute Gasteiger partial charge is 0.238 e. The van der Waals surface area contributed by atoms with Crippen LogP contribution in [-0.2, 0) is 20.9 Å². The predicted octanol–water partition coefficient (Wildman–Crippen LogP) is 4.59. The molecule has 1 N–H and O–H groups in total. The first-order valence-electron chi connectivity index (χ1n) is 11.5. The highest BCUT2D eigenvalue weighted by molar-refractivity contribution is 5.92. The normalized spacial score (nSPS) is 24.0. The van der Waals surface area contributed by atoms with Crippen molar-refractivity contribution in [1.29, 1.82) is 0 Å². The van der Waals surface area contributed by atoms with Crippen LogP contribution in [0.1, 0.15) is 50.2 Å². The lowest BCUT2D eigenvalue weighted by Crippen LogP contribution is -2.57. The maximum Gasteiger partial charge on any atom is 0.238 e. The van der Waals surface area contributed by atoms with Crippen LogP contribution in [0.2, 0.25) is 0 Å². The van der Waals surface area contributed by atoms with Crippen molar-refractivity contribution in [3.05, 3.63) is 65.7 Å². The van der Waals surface area contributed by atoms with E-state index in [1.54, 1.807) is 0 Å². The third-order valence-corrected chi connectivity index (χ3v) is 6.52. The molecule has 2 fully saturated rings. The van der Waals surface area contributed by atoms with Crippen molar-refractivity contribution in [2.75, 3.05) is 31.6 Å². The van der Waals surface area contributed by atoms with Crippen molar-refractivity contribution in [2.24, 2.45) is 0 Å². The van der Waals surface area contributed by atoms with Gasteiger partial charge in [0.2, 0.25) is 5.91 Å². The maximum atomic E-state index is 12.7. The predicted molar refractivity (Wildman–Crippen MR) is 123 cm³/mol. The van der Waals surface area contributed by atoms with E-state index in [0.717, 1.165) is 43.7 Å². The number of rotatable bonds is 7. The van der Waals surface area contributed by atoms with Crippen LogP contribution in [0.3, 0.4) is 0 Å². The average Bonchev–Trinajstić information content (AvgIpc) is 3.24. The van der Waals surface area contributed by atoms with Crippen LogP contribution in [0.4, 0.5) is 5.69 Å². The van der Waals surface area contributed by atoms with Crippen molar-refractivity contribution < 1.29 is 14.3 Å². The van der Waals surface area contributed by atoms with E-state index in [-0.39, 0.29) is 17.6 Å². The number of ether oxygens (including phenoxy) is 2. The number of nitrogens with one attached hydrogen (secondary N) is 1. The number of carbonyl (C=O) groups excluding carboxylic acids is 1. The number of anilines is 1. The molecule has 166 valence electrons. The Morgan fingerprint density at radius 3 is 2.61 bits per heavy atom. The highest BCUT2D eigenvalue weighted by Crippen LogP contribution is 2.38. The molecule has 0 bridgehead atoms. The van der Waals surface area contributed by atoms with Crippen LogP contribution in [0.15, 0.2) is 54.6 Å². The number of likely N-dealkylation sites (tertiary alicyclic amines) is 1. The topological polar surface area (TPSA) is 50.8 Å². The van der Waals surface area contributed by atoms with Gasteiger partial charge in [0.25, 0.3) is 0 Å². The Hall–Kier alpha value is -2.21. The monoisotopic (exact) mass is 422 g/mol. The van der Waals surface area contributed by atoms with E-state index in [0.29, 0.717) is 25.6 Å². The van der Waals surface area contributed by atoms with Crippen LogP contribution >= 0.6 is 0 Å². The fourth-order valence-electron chi connectivity index (χ4n) is 4.64. The van der Waals surface area contributed by atoms with E-state index in [4.69, 9.17) is 9.47 Å². The molecule has 2 aromatic rings. The number of benzene rings is 2. The molecule has 4 rings (SSSR count).